The molecule has 1 aromatic carbocycles. The number of rotatable bonds is 17. The third-order valence-corrected chi connectivity index (χ3v) is 11.1. The van der Waals surface area contributed by atoms with E-state index >= 15 is 0 Å². The van der Waals surface area contributed by atoms with Crippen LogP contribution in [0.3, 0.4) is 0 Å². The summed E-state index contributed by atoms with van der Waals surface area (Å²) in [4.78, 5) is 26.3. The summed E-state index contributed by atoms with van der Waals surface area (Å²) in [6.45, 7) is 20.7. The van der Waals surface area contributed by atoms with Gasteiger partial charge in [0.1, 0.15) is 23.7 Å². The second-order valence-electron chi connectivity index (χ2n) is 15.0. The number of likely N-dealkylation sites (N-methyl/N-ethyl adjacent to an activating group) is 1. The Morgan fingerprint density at radius 1 is 1.20 bits per heavy atom. The average Bonchev–Trinajstić information content (AvgIpc) is 3.07. The van der Waals surface area contributed by atoms with Crippen molar-refractivity contribution in [2.75, 3.05) is 34.4 Å². The van der Waals surface area contributed by atoms with Gasteiger partial charge in [0.2, 0.25) is 0 Å². The minimum Gasteiger partial charge on any atom is -0.507 e. The van der Waals surface area contributed by atoms with Gasteiger partial charge in [-0.05, 0) is 67.8 Å². The number of phenols is 1. The van der Waals surface area contributed by atoms with Crippen molar-refractivity contribution in [3.05, 3.63) is 47.1 Å². The van der Waals surface area contributed by atoms with Gasteiger partial charge in [-0.2, -0.15) is 0 Å². The molecule has 2 amide bonds. The molecule has 9 atom stereocenters. The number of phenolic OH excluding ortho intramolecular Hbond substituents is 1. The Morgan fingerprint density at radius 2 is 1.86 bits per heavy atom. The van der Waals surface area contributed by atoms with Gasteiger partial charge in [-0.3, -0.25) is 4.79 Å². The number of aliphatic hydroxyl groups is 2. The standard InChI is InChI=1S/C38H61N3O10/c1-20(2)14-30(48-10)34(44)35(45)40-36(49-11)31-15-21(3)38(7,8)32(51-31)18-27(42)23(5)29-17-26-22(4)25(16-28(43)33(26)24(6)50-29)19-41(37(46)47)13-12-39-9/h16,21,23,27,29-32,34,36,39,42-44H,1,6,12-15,17-19H2,2-5,7-11H3,(H,40,45)(H,46,47)/t21-,23?,27?,29-,30?,31+,32-,34?,36?/m1/s1. The second-order valence-corrected chi connectivity index (χ2v) is 15.0. The Bertz CT molecular complexity index is 1400. The molecule has 2 aliphatic rings. The highest BCUT2D eigenvalue weighted by Gasteiger charge is 2.47. The molecule has 1 saturated heterocycles. The van der Waals surface area contributed by atoms with E-state index in [1.807, 2.05) is 13.8 Å². The van der Waals surface area contributed by atoms with Gasteiger partial charge in [0.25, 0.3) is 5.91 Å². The van der Waals surface area contributed by atoms with Gasteiger partial charge in [-0.25, -0.2) is 4.79 Å². The molecular formula is C38H61N3O10. The molecule has 0 aromatic heterocycles. The van der Waals surface area contributed by atoms with Gasteiger partial charge in [0, 0.05) is 52.6 Å². The van der Waals surface area contributed by atoms with Crippen LogP contribution in [0, 0.1) is 24.2 Å². The highest BCUT2D eigenvalue weighted by atomic mass is 16.6. The van der Waals surface area contributed by atoms with Crippen molar-refractivity contribution in [2.45, 2.75) is 117 Å². The zero-order valence-corrected chi connectivity index (χ0v) is 31.8. The molecule has 51 heavy (non-hydrogen) atoms. The average molecular weight is 720 g/mol. The predicted molar refractivity (Wildman–Crippen MR) is 194 cm³/mol. The molecule has 13 heteroatoms. The lowest BCUT2D eigenvalue weighted by molar-refractivity contribution is -0.199. The fourth-order valence-corrected chi connectivity index (χ4v) is 7.10. The summed E-state index contributed by atoms with van der Waals surface area (Å²) in [5, 5.41) is 48.9. The molecule has 6 N–H and O–H groups in total. The van der Waals surface area contributed by atoms with Gasteiger partial charge in [-0.1, -0.05) is 39.8 Å². The van der Waals surface area contributed by atoms with E-state index in [4.69, 9.17) is 18.9 Å². The molecule has 3 rings (SSSR count). The van der Waals surface area contributed by atoms with E-state index in [1.165, 1.54) is 19.1 Å². The number of carboxylic acid groups (broad SMARTS) is 1. The number of aliphatic hydroxyl groups excluding tert-OH is 2. The SMILES string of the molecule is C=C(C)CC(OC)C(O)C(=O)NC(OC)[C@@H]1C[C@@H](C)C(C)(C)[C@@H](CC(O)C(C)[C@H]2Cc3c(C)c(CN(CCNC)C(=O)O)cc(O)c3C(=C)O2)O1. The van der Waals surface area contributed by atoms with Crippen LogP contribution in [0.4, 0.5) is 4.79 Å². The Morgan fingerprint density at radius 3 is 2.43 bits per heavy atom. The van der Waals surface area contributed by atoms with Gasteiger partial charge in [-0.15, -0.1) is 6.58 Å². The van der Waals surface area contributed by atoms with E-state index < -0.39 is 54.9 Å². The smallest absolute Gasteiger partial charge is 0.407 e. The Balaban J connectivity index is 1.78. The maximum atomic E-state index is 13.1. The molecule has 288 valence electrons. The molecule has 1 aromatic rings. The lowest BCUT2D eigenvalue weighted by Gasteiger charge is -2.49. The van der Waals surface area contributed by atoms with E-state index in [9.17, 15) is 30.0 Å². The summed E-state index contributed by atoms with van der Waals surface area (Å²) >= 11 is 0. The van der Waals surface area contributed by atoms with Crippen molar-refractivity contribution in [1.82, 2.24) is 15.5 Å². The van der Waals surface area contributed by atoms with Crippen LogP contribution in [-0.2, 0) is 36.7 Å². The minimum atomic E-state index is -1.44. The van der Waals surface area contributed by atoms with Crippen molar-refractivity contribution < 1.29 is 49.0 Å². The molecule has 13 nitrogen and oxygen atoms in total. The number of aromatic hydroxyl groups is 1. The van der Waals surface area contributed by atoms with E-state index in [0.29, 0.717) is 42.7 Å². The summed E-state index contributed by atoms with van der Waals surface area (Å²) in [5.41, 5.74) is 3.27. The third kappa shape index (κ3) is 10.0. The Hall–Kier alpha value is -3.20. The summed E-state index contributed by atoms with van der Waals surface area (Å²) in [6, 6.07) is 1.57. The molecule has 1 fully saturated rings. The minimum absolute atomic E-state index is 0.0283. The van der Waals surface area contributed by atoms with Crippen LogP contribution >= 0.6 is 0 Å². The lowest BCUT2D eigenvalue weighted by atomic mass is 9.68. The fourth-order valence-electron chi connectivity index (χ4n) is 7.10. The largest absolute Gasteiger partial charge is 0.507 e. The van der Waals surface area contributed by atoms with Gasteiger partial charge in [0.15, 0.2) is 12.3 Å². The van der Waals surface area contributed by atoms with Crippen LogP contribution < -0.4 is 10.6 Å². The van der Waals surface area contributed by atoms with Crippen molar-refractivity contribution >= 4 is 17.8 Å². The van der Waals surface area contributed by atoms with Crippen LogP contribution in [-0.4, -0.2) is 115 Å². The number of fused-ring (bicyclic) bond motifs is 1. The summed E-state index contributed by atoms with van der Waals surface area (Å²) < 4.78 is 23.8. The van der Waals surface area contributed by atoms with Crippen molar-refractivity contribution in [2.24, 2.45) is 17.3 Å². The Kier molecular flexibility index (Phi) is 14.9. The molecule has 0 bridgehead atoms. The van der Waals surface area contributed by atoms with Crippen molar-refractivity contribution in [1.29, 1.82) is 0 Å². The molecular weight excluding hydrogens is 658 g/mol. The van der Waals surface area contributed by atoms with E-state index in [-0.39, 0.29) is 42.5 Å². The number of hydrogen-bond acceptors (Lipinski definition) is 10. The van der Waals surface area contributed by atoms with Crippen LogP contribution in [0.15, 0.2) is 24.8 Å². The van der Waals surface area contributed by atoms with E-state index in [1.54, 1.807) is 20.0 Å². The van der Waals surface area contributed by atoms with E-state index in [2.05, 4.69) is 44.6 Å². The first kappa shape index (κ1) is 42.2. The highest BCUT2D eigenvalue weighted by Crippen LogP contribution is 2.45. The van der Waals surface area contributed by atoms with Gasteiger partial charge >= 0.3 is 6.09 Å². The summed E-state index contributed by atoms with van der Waals surface area (Å²) in [6.07, 6.45) is -4.87. The number of carbonyl (C=O) groups excluding carboxylic acids is 1. The first-order chi connectivity index (χ1) is 23.9. The lowest BCUT2D eigenvalue weighted by Crippen LogP contribution is -2.57. The fraction of sp³-hybridized carbons (Fsp3) is 0.684. The molecule has 2 aliphatic heterocycles. The molecule has 2 heterocycles. The summed E-state index contributed by atoms with van der Waals surface area (Å²) in [7, 11) is 4.66. The number of methoxy groups -OCH3 is 2. The zero-order valence-electron chi connectivity index (χ0n) is 31.8. The quantitative estimate of drug-likeness (QED) is 0.101. The molecule has 5 unspecified atom stereocenters. The highest BCUT2D eigenvalue weighted by molar-refractivity contribution is 5.81. The van der Waals surface area contributed by atoms with Crippen LogP contribution in [0.2, 0.25) is 0 Å². The van der Waals surface area contributed by atoms with Crippen molar-refractivity contribution in [3.8, 4) is 5.75 Å². The molecule has 0 spiro atoms. The van der Waals surface area contributed by atoms with Crippen molar-refractivity contribution in [3.63, 3.8) is 0 Å². The van der Waals surface area contributed by atoms with E-state index in [0.717, 1.165) is 16.7 Å². The summed E-state index contributed by atoms with van der Waals surface area (Å²) in [5.74, 6) is -0.638. The number of amides is 2. The molecule has 0 aliphatic carbocycles. The maximum Gasteiger partial charge on any atom is 0.407 e. The number of carbonyl (C=O) groups is 2. The number of nitrogens with zero attached hydrogens (tertiary/aromatic N) is 1. The first-order valence-corrected chi connectivity index (χ1v) is 17.7. The molecule has 0 radical (unpaired) electrons. The van der Waals surface area contributed by atoms with Crippen LogP contribution in [0.5, 0.6) is 5.75 Å². The normalized spacial score (nSPS) is 24.3. The number of benzene rings is 1. The number of hydrogen-bond donors (Lipinski definition) is 6. The first-order valence-electron chi connectivity index (χ1n) is 17.7. The molecule has 0 saturated carbocycles. The third-order valence-electron chi connectivity index (χ3n) is 11.1. The Labute approximate surface area is 303 Å². The predicted octanol–water partition coefficient (Wildman–Crippen LogP) is 3.95. The van der Waals surface area contributed by atoms with Crippen LogP contribution in [0.25, 0.3) is 5.76 Å². The zero-order chi connectivity index (χ0) is 38.4. The topological polar surface area (TPSA) is 179 Å². The monoisotopic (exact) mass is 719 g/mol. The van der Waals surface area contributed by atoms with Gasteiger partial charge < -0.3 is 54.9 Å². The van der Waals surface area contributed by atoms with Crippen LogP contribution in [0.1, 0.15) is 76.1 Å². The number of nitrogens with one attached hydrogen (secondary N) is 2. The number of ether oxygens (including phenoxy) is 4. The van der Waals surface area contributed by atoms with Gasteiger partial charge in [0.05, 0.1) is 23.9 Å². The maximum absolute atomic E-state index is 13.1. The second kappa shape index (κ2) is 18.0.